The molecule has 0 bridgehead atoms. The number of carbonyl (C=O) groups is 2. The average Bonchev–Trinajstić information content (AvgIpc) is 2.84. The van der Waals surface area contributed by atoms with E-state index in [1.807, 2.05) is 0 Å². The van der Waals surface area contributed by atoms with Gasteiger partial charge in [-0.25, -0.2) is 0 Å². The van der Waals surface area contributed by atoms with Gasteiger partial charge in [-0.2, -0.15) is 0 Å². The minimum absolute atomic E-state index is 0.181. The highest BCUT2D eigenvalue weighted by molar-refractivity contribution is 5.96. The molecule has 0 atom stereocenters. The summed E-state index contributed by atoms with van der Waals surface area (Å²) in [5, 5.41) is 18.2. The van der Waals surface area contributed by atoms with Crippen LogP contribution in [0.5, 0.6) is 11.5 Å². The largest absolute Gasteiger partial charge is 0.508 e. The number of unbranched alkanes of at least 4 members (excludes halogenated alkanes) is 10. The highest BCUT2D eigenvalue weighted by Gasteiger charge is 2.06. The zero-order valence-corrected chi connectivity index (χ0v) is 21.2. The molecule has 2 N–H and O–H groups in total. The molecule has 0 unspecified atom stereocenters. The van der Waals surface area contributed by atoms with Crippen LogP contribution in [0.2, 0.25) is 0 Å². The molecule has 0 aromatic heterocycles. The summed E-state index contributed by atoms with van der Waals surface area (Å²) < 4.78 is 0. The Kier molecular flexibility index (Phi) is 16.2. The molecule has 0 saturated heterocycles. The molecule has 34 heavy (non-hydrogen) atoms. The van der Waals surface area contributed by atoms with Gasteiger partial charge in [-0.15, -0.1) is 0 Å². The molecule has 2 rings (SSSR count). The molecule has 4 heteroatoms. The Hall–Kier alpha value is -2.62. The van der Waals surface area contributed by atoms with Crippen molar-refractivity contribution < 1.29 is 19.8 Å². The quantitative estimate of drug-likeness (QED) is 0.191. The fourth-order valence-electron chi connectivity index (χ4n) is 3.72. The van der Waals surface area contributed by atoms with Gasteiger partial charge in [-0.05, 0) is 61.4 Å². The van der Waals surface area contributed by atoms with Crippen LogP contribution >= 0.6 is 0 Å². The Balaban J connectivity index is 0.000000340. The van der Waals surface area contributed by atoms with E-state index in [1.54, 1.807) is 48.5 Å². The molecule has 0 aliphatic carbocycles. The van der Waals surface area contributed by atoms with Gasteiger partial charge in [0.2, 0.25) is 0 Å². The number of hydrogen-bond acceptors (Lipinski definition) is 4. The molecular weight excluding hydrogens is 424 g/mol. The van der Waals surface area contributed by atoms with Crippen molar-refractivity contribution in [1.82, 2.24) is 0 Å². The van der Waals surface area contributed by atoms with Crippen molar-refractivity contribution in [2.75, 3.05) is 0 Å². The molecule has 0 radical (unpaired) electrons. The average molecular weight is 469 g/mol. The van der Waals surface area contributed by atoms with Crippen LogP contribution in [0, 0.1) is 0 Å². The Labute approximate surface area is 206 Å². The summed E-state index contributed by atoms with van der Waals surface area (Å²) in [5.74, 6) is 0.781. The van der Waals surface area contributed by atoms with Crippen molar-refractivity contribution in [1.29, 1.82) is 0 Å². The van der Waals surface area contributed by atoms with Crippen molar-refractivity contribution in [3.8, 4) is 11.5 Å². The molecule has 0 saturated carbocycles. The minimum atomic E-state index is 0.181. The van der Waals surface area contributed by atoms with Crippen LogP contribution in [0.1, 0.15) is 124 Å². The van der Waals surface area contributed by atoms with Crippen molar-refractivity contribution in [2.45, 2.75) is 104 Å². The fraction of sp³-hybridized carbons (Fsp3) is 0.533. The lowest BCUT2D eigenvalue weighted by Gasteiger charge is -2.02. The van der Waals surface area contributed by atoms with Crippen LogP contribution in [0.25, 0.3) is 0 Å². The summed E-state index contributed by atoms with van der Waals surface area (Å²) in [6.07, 6.45) is 15.6. The summed E-state index contributed by atoms with van der Waals surface area (Å²) in [4.78, 5) is 23.5. The van der Waals surface area contributed by atoms with Crippen LogP contribution in [0.3, 0.4) is 0 Å². The van der Waals surface area contributed by atoms with E-state index in [2.05, 4.69) is 13.8 Å². The number of aromatic hydroxyl groups is 2. The summed E-state index contributed by atoms with van der Waals surface area (Å²) in [5.41, 5.74) is 1.41. The predicted octanol–water partition coefficient (Wildman–Crippen LogP) is 8.65. The third-order valence-electron chi connectivity index (χ3n) is 5.89. The monoisotopic (exact) mass is 468 g/mol. The smallest absolute Gasteiger partial charge is 0.162 e. The zero-order chi connectivity index (χ0) is 25.0. The van der Waals surface area contributed by atoms with E-state index in [1.165, 1.54) is 51.4 Å². The second-order valence-corrected chi connectivity index (χ2v) is 8.98. The first-order valence-corrected chi connectivity index (χ1v) is 13.1. The topological polar surface area (TPSA) is 74.6 Å². The number of Topliss-reactive ketones (excluding diaryl/α,β-unsaturated/α-hetero) is 2. The van der Waals surface area contributed by atoms with Crippen LogP contribution < -0.4 is 0 Å². The van der Waals surface area contributed by atoms with Gasteiger partial charge in [-0.3, -0.25) is 9.59 Å². The first-order chi connectivity index (χ1) is 16.5. The Morgan fingerprint density at radius 2 is 0.794 bits per heavy atom. The van der Waals surface area contributed by atoms with Crippen molar-refractivity contribution in [3.05, 3.63) is 59.7 Å². The van der Waals surface area contributed by atoms with Gasteiger partial charge in [0.15, 0.2) is 11.6 Å². The Morgan fingerprint density at radius 1 is 0.500 bits per heavy atom. The molecule has 188 valence electrons. The third kappa shape index (κ3) is 13.8. The normalized spacial score (nSPS) is 10.4. The van der Waals surface area contributed by atoms with E-state index in [4.69, 9.17) is 10.2 Å². The standard InChI is InChI=1S/2C15H22O2/c2*1-2-3-4-5-6-7-8-15(17)13-9-11-14(16)12-10-13/h2*9-12,16H,2-8H2,1H3. The molecule has 0 heterocycles. The first-order valence-electron chi connectivity index (χ1n) is 13.1. The van der Waals surface area contributed by atoms with E-state index in [-0.39, 0.29) is 23.1 Å². The molecule has 0 fully saturated rings. The Bertz CT molecular complexity index is 724. The van der Waals surface area contributed by atoms with Crippen LogP contribution in [-0.2, 0) is 0 Å². The number of phenols is 2. The summed E-state index contributed by atoms with van der Waals surface area (Å²) in [7, 11) is 0. The summed E-state index contributed by atoms with van der Waals surface area (Å²) >= 11 is 0. The van der Waals surface area contributed by atoms with Gasteiger partial charge in [0.1, 0.15) is 11.5 Å². The van der Waals surface area contributed by atoms with Gasteiger partial charge in [0.05, 0.1) is 0 Å². The number of carbonyl (C=O) groups excluding carboxylic acids is 2. The van der Waals surface area contributed by atoms with E-state index >= 15 is 0 Å². The molecule has 0 amide bonds. The maximum atomic E-state index is 11.8. The van der Waals surface area contributed by atoms with Gasteiger partial charge < -0.3 is 10.2 Å². The fourth-order valence-corrected chi connectivity index (χ4v) is 3.72. The highest BCUT2D eigenvalue weighted by atomic mass is 16.3. The van der Waals surface area contributed by atoms with Crippen molar-refractivity contribution in [2.24, 2.45) is 0 Å². The lowest BCUT2D eigenvalue weighted by Crippen LogP contribution is -1.98. The summed E-state index contributed by atoms with van der Waals surface area (Å²) in [6.45, 7) is 4.41. The zero-order valence-electron chi connectivity index (χ0n) is 21.2. The van der Waals surface area contributed by atoms with Gasteiger partial charge in [0.25, 0.3) is 0 Å². The lowest BCUT2D eigenvalue weighted by molar-refractivity contribution is 0.0971. The minimum Gasteiger partial charge on any atom is -0.508 e. The predicted molar refractivity (Wildman–Crippen MR) is 141 cm³/mol. The molecule has 2 aromatic rings. The molecule has 0 aliphatic heterocycles. The van der Waals surface area contributed by atoms with Crippen LogP contribution in [0.4, 0.5) is 0 Å². The maximum Gasteiger partial charge on any atom is 0.162 e. The van der Waals surface area contributed by atoms with Crippen molar-refractivity contribution in [3.63, 3.8) is 0 Å². The number of rotatable bonds is 16. The van der Waals surface area contributed by atoms with E-state index in [0.717, 1.165) is 25.7 Å². The first kappa shape index (κ1) is 29.4. The van der Waals surface area contributed by atoms with E-state index < -0.39 is 0 Å². The molecule has 0 aliphatic rings. The number of hydrogen-bond donors (Lipinski definition) is 2. The maximum absolute atomic E-state index is 11.8. The Morgan fingerprint density at radius 3 is 1.12 bits per heavy atom. The van der Waals surface area contributed by atoms with Crippen LogP contribution in [0.15, 0.2) is 48.5 Å². The lowest BCUT2D eigenvalue weighted by atomic mass is 10.0. The number of benzene rings is 2. The molecule has 4 nitrogen and oxygen atoms in total. The van der Waals surface area contributed by atoms with Gasteiger partial charge >= 0.3 is 0 Å². The number of ketones is 2. The van der Waals surface area contributed by atoms with Gasteiger partial charge in [0, 0.05) is 24.0 Å². The number of phenolic OH excluding ortho intramolecular Hbond substituents is 2. The van der Waals surface area contributed by atoms with E-state index in [0.29, 0.717) is 24.0 Å². The highest BCUT2D eigenvalue weighted by Crippen LogP contribution is 2.15. The second-order valence-electron chi connectivity index (χ2n) is 8.98. The second kappa shape index (κ2) is 18.8. The molecule has 0 spiro atoms. The van der Waals surface area contributed by atoms with Gasteiger partial charge in [-0.1, -0.05) is 78.1 Å². The van der Waals surface area contributed by atoms with Crippen molar-refractivity contribution >= 4 is 11.6 Å². The molecular formula is C30H44O4. The van der Waals surface area contributed by atoms with Crippen LogP contribution in [-0.4, -0.2) is 21.8 Å². The third-order valence-corrected chi connectivity index (χ3v) is 5.89. The SMILES string of the molecule is CCCCCCCCC(=O)c1ccc(O)cc1.CCCCCCCCC(=O)c1ccc(O)cc1. The summed E-state index contributed by atoms with van der Waals surface area (Å²) in [6, 6.07) is 13.0. The van der Waals surface area contributed by atoms with E-state index in [9.17, 15) is 9.59 Å². The molecule has 2 aromatic carbocycles.